The van der Waals surface area contributed by atoms with Crippen LogP contribution in [0.15, 0.2) is 18.2 Å². The average molecular weight is 309 g/mol. The lowest BCUT2D eigenvalue weighted by Crippen LogP contribution is -2.34. The van der Waals surface area contributed by atoms with Crippen molar-refractivity contribution in [2.24, 2.45) is 0 Å². The third kappa shape index (κ3) is 5.63. The molecule has 0 aliphatic carbocycles. The number of hydrogen-bond donors (Lipinski definition) is 2. The van der Waals surface area contributed by atoms with Gasteiger partial charge in [0.05, 0.1) is 20.1 Å². The van der Waals surface area contributed by atoms with Crippen LogP contribution in [0, 0.1) is 0 Å². The van der Waals surface area contributed by atoms with Crippen molar-refractivity contribution >= 4 is 11.9 Å². The highest BCUT2D eigenvalue weighted by molar-refractivity contribution is 5.95. The first-order chi connectivity index (χ1) is 10.5. The molecule has 1 aromatic rings. The van der Waals surface area contributed by atoms with E-state index in [9.17, 15) is 9.59 Å². The molecule has 1 atom stereocenters. The second-order valence-corrected chi connectivity index (χ2v) is 5.04. The number of unbranched alkanes of at least 4 members (excludes halogenated alkanes) is 1. The predicted octanol–water partition coefficient (Wildman–Crippen LogP) is 2.47. The molecule has 0 aromatic heterocycles. The molecule has 0 aliphatic heterocycles. The zero-order valence-electron chi connectivity index (χ0n) is 13.2. The van der Waals surface area contributed by atoms with Crippen LogP contribution < -0.4 is 14.8 Å². The van der Waals surface area contributed by atoms with Crippen molar-refractivity contribution in [3.05, 3.63) is 23.8 Å². The molecule has 0 spiro atoms. The van der Waals surface area contributed by atoms with Crippen molar-refractivity contribution in [1.82, 2.24) is 5.32 Å². The van der Waals surface area contributed by atoms with Gasteiger partial charge in [0.2, 0.25) is 0 Å². The number of rotatable bonds is 9. The minimum absolute atomic E-state index is 0.124. The van der Waals surface area contributed by atoms with E-state index >= 15 is 0 Å². The minimum Gasteiger partial charge on any atom is -0.493 e. The molecule has 1 amide bonds. The van der Waals surface area contributed by atoms with Gasteiger partial charge in [-0.1, -0.05) is 13.3 Å². The van der Waals surface area contributed by atoms with Gasteiger partial charge in [-0.05, 0) is 31.5 Å². The van der Waals surface area contributed by atoms with Crippen LogP contribution in [-0.2, 0) is 4.79 Å². The molecule has 1 aromatic carbocycles. The van der Waals surface area contributed by atoms with E-state index in [-0.39, 0.29) is 12.3 Å². The first-order valence-electron chi connectivity index (χ1n) is 7.31. The van der Waals surface area contributed by atoms with Crippen molar-refractivity contribution in [1.29, 1.82) is 0 Å². The maximum Gasteiger partial charge on any atom is 0.305 e. The maximum atomic E-state index is 12.1. The van der Waals surface area contributed by atoms with E-state index < -0.39 is 12.0 Å². The third-order valence-electron chi connectivity index (χ3n) is 3.04. The van der Waals surface area contributed by atoms with Gasteiger partial charge in [0.15, 0.2) is 11.5 Å². The van der Waals surface area contributed by atoms with E-state index in [0.717, 1.165) is 12.8 Å². The molecular weight excluding hydrogens is 286 g/mol. The van der Waals surface area contributed by atoms with Crippen molar-refractivity contribution < 1.29 is 24.2 Å². The first kappa shape index (κ1) is 17.8. The number of carboxylic acids is 1. The lowest BCUT2D eigenvalue weighted by Gasteiger charge is -2.14. The second kappa shape index (κ2) is 8.92. The van der Waals surface area contributed by atoms with Gasteiger partial charge in [-0.3, -0.25) is 9.59 Å². The van der Waals surface area contributed by atoms with Crippen molar-refractivity contribution in [3.8, 4) is 11.5 Å². The number of carbonyl (C=O) groups excluding carboxylic acids is 1. The summed E-state index contributed by atoms with van der Waals surface area (Å²) < 4.78 is 10.8. The minimum atomic E-state index is -0.954. The first-order valence-corrected chi connectivity index (χ1v) is 7.31. The summed E-state index contributed by atoms with van der Waals surface area (Å²) in [6.45, 7) is 4.31. The Hall–Kier alpha value is -2.24. The molecule has 1 unspecified atom stereocenters. The summed E-state index contributed by atoms with van der Waals surface area (Å²) in [7, 11) is 1.51. The van der Waals surface area contributed by atoms with Crippen LogP contribution in [0.1, 0.15) is 43.5 Å². The Morgan fingerprint density at radius 2 is 2.05 bits per heavy atom. The van der Waals surface area contributed by atoms with Gasteiger partial charge >= 0.3 is 5.97 Å². The molecule has 1 rings (SSSR count). The Kier molecular flexibility index (Phi) is 7.22. The van der Waals surface area contributed by atoms with Gasteiger partial charge in [0, 0.05) is 11.6 Å². The molecule has 0 saturated heterocycles. The summed E-state index contributed by atoms with van der Waals surface area (Å²) in [5.41, 5.74) is 0.400. The highest BCUT2D eigenvalue weighted by atomic mass is 16.5. The largest absolute Gasteiger partial charge is 0.493 e. The fraction of sp³-hybridized carbons (Fsp3) is 0.500. The number of nitrogens with one attached hydrogen (secondary N) is 1. The summed E-state index contributed by atoms with van der Waals surface area (Å²) in [6.07, 6.45) is 1.85. The van der Waals surface area contributed by atoms with Crippen LogP contribution in [0.5, 0.6) is 11.5 Å². The number of methoxy groups -OCH3 is 1. The molecule has 6 heteroatoms. The summed E-state index contributed by atoms with van der Waals surface area (Å²) in [4.78, 5) is 22.7. The Morgan fingerprint density at radius 3 is 2.64 bits per heavy atom. The number of amides is 1. The maximum absolute atomic E-state index is 12.1. The Bertz CT molecular complexity index is 515. The molecule has 0 heterocycles. The van der Waals surface area contributed by atoms with Gasteiger partial charge in [-0.25, -0.2) is 0 Å². The summed E-state index contributed by atoms with van der Waals surface area (Å²) in [5, 5.41) is 11.3. The monoisotopic (exact) mass is 309 g/mol. The Labute approximate surface area is 130 Å². The Balaban J connectivity index is 2.75. The Morgan fingerprint density at radius 1 is 1.32 bits per heavy atom. The van der Waals surface area contributed by atoms with E-state index in [1.807, 2.05) is 0 Å². The predicted molar refractivity (Wildman–Crippen MR) is 82.6 cm³/mol. The fourth-order valence-corrected chi connectivity index (χ4v) is 1.87. The number of carbonyl (C=O) groups is 2. The van der Waals surface area contributed by atoms with Crippen LogP contribution in [-0.4, -0.2) is 36.7 Å². The normalized spacial score (nSPS) is 11.6. The van der Waals surface area contributed by atoms with Crippen LogP contribution in [0.25, 0.3) is 0 Å². The molecule has 0 fully saturated rings. The topological polar surface area (TPSA) is 84.9 Å². The number of hydrogen-bond acceptors (Lipinski definition) is 4. The summed E-state index contributed by atoms with van der Waals surface area (Å²) >= 11 is 0. The molecule has 122 valence electrons. The van der Waals surface area contributed by atoms with Crippen molar-refractivity contribution in [3.63, 3.8) is 0 Å². The van der Waals surface area contributed by atoms with Gasteiger partial charge in [0.25, 0.3) is 5.91 Å². The molecule has 6 nitrogen and oxygen atoms in total. The summed E-state index contributed by atoms with van der Waals surface area (Å²) in [5.74, 6) is -0.224. The van der Waals surface area contributed by atoms with Crippen molar-refractivity contribution in [2.45, 2.75) is 39.2 Å². The lowest BCUT2D eigenvalue weighted by atomic mass is 10.1. The highest BCUT2D eigenvalue weighted by Crippen LogP contribution is 2.28. The van der Waals surface area contributed by atoms with Crippen molar-refractivity contribution in [2.75, 3.05) is 13.7 Å². The molecule has 0 radical (unpaired) electrons. The highest BCUT2D eigenvalue weighted by Gasteiger charge is 2.15. The lowest BCUT2D eigenvalue weighted by molar-refractivity contribution is -0.137. The number of aliphatic carboxylic acids is 1. The van der Waals surface area contributed by atoms with Crippen LogP contribution in [0.2, 0.25) is 0 Å². The average Bonchev–Trinajstić information content (AvgIpc) is 2.46. The van der Waals surface area contributed by atoms with E-state index in [4.69, 9.17) is 14.6 Å². The standard InChI is InChI=1S/C16H23NO5/c1-4-5-8-22-13-7-6-12(10-14(13)21-3)16(20)17-11(2)9-15(18)19/h6-7,10-11H,4-5,8-9H2,1-3H3,(H,17,20)(H,18,19). The van der Waals surface area contributed by atoms with Crippen LogP contribution >= 0.6 is 0 Å². The van der Waals surface area contributed by atoms with E-state index in [2.05, 4.69) is 12.2 Å². The second-order valence-electron chi connectivity index (χ2n) is 5.04. The SMILES string of the molecule is CCCCOc1ccc(C(=O)NC(C)CC(=O)O)cc1OC. The van der Waals surface area contributed by atoms with Gasteiger partial charge in [0.1, 0.15) is 0 Å². The van der Waals surface area contributed by atoms with E-state index in [0.29, 0.717) is 23.7 Å². The molecule has 22 heavy (non-hydrogen) atoms. The summed E-state index contributed by atoms with van der Waals surface area (Å²) in [6, 6.07) is 4.46. The molecule has 0 bridgehead atoms. The smallest absolute Gasteiger partial charge is 0.305 e. The number of benzene rings is 1. The number of carboxylic acid groups (broad SMARTS) is 1. The third-order valence-corrected chi connectivity index (χ3v) is 3.04. The zero-order chi connectivity index (χ0) is 16.5. The van der Waals surface area contributed by atoms with Gasteiger partial charge in [-0.15, -0.1) is 0 Å². The molecular formula is C16H23NO5. The molecule has 2 N–H and O–H groups in total. The van der Waals surface area contributed by atoms with Gasteiger partial charge < -0.3 is 19.9 Å². The number of ether oxygens (including phenoxy) is 2. The molecule has 0 saturated carbocycles. The van der Waals surface area contributed by atoms with E-state index in [1.54, 1.807) is 25.1 Å². The fourth-order valence-electron chi connectivity index (χ4n) is 1.87. The molecule has 0 aliphatic rings. The van der Waals surface area contributed by atoms with Crippen LogP contribution in [0.4, 0.5) is 0 Å². The quantitative estimate of drug-likeness (QED) is 0.684. The van der Waals surface area contributed by atoms with E-state index in [1.165, 1.54) is 7.11 Å². The zero-order valence-corrected chi connectivity index (χ0v) is 13.2. The van der Waals surface area contributed by atoms with Crippen LogP contribution in [0.3, 0.4) is 0 Å². The van der Waals surface area contributed by atoms with Gasteiger partial charge in [-0.2, -0.15) is 0 Å².